The van der Waals surface area contributed by atoms with Crippen molar-refractivity contribution in [2.45, 2.75) is 84.4 Å². The van der Waals surface area contributed by atoms with E-state index in [0.717, 1.165) is 44.3 Å². The van der Waals surface area contributed by atoms with Crippen molar-refractivity contribution in [3.63, 3.8) is 0 Å². The summed E-state index contributed by atoms with van der Waals surface area (Å²) in [6.07, 6.45) is 5.62. The van der Waals surface area contributed by atoms with Gasteiger partial charge in [0.05, 0.1) is 23.4 Å². The average molecular weight is 560 g/mol. The Morgan fingerprint density at radius 2 is 1.95 bits per heavy atom. The van der Waals surface area contributed by atoms with Crippen LogP contribution in [0.5, 0.6) is 0 Å². The maximum Gasteiger partial charge on any atom is 0.410 e. The van der Waals surface area contributed by atoms with Crippen molar-refractivity contribution in [1.29, 1.82) is 5.26 Å². The van der Waals surface area contributed by atoms with Gasteiger partial charge in [-0.1, -0.05) is 25.2 Å². The summed E-state index contributed by atoms with van der Waals surface area (Å²) in [5, 5.41) is 18.6. The molecular weight excluding hydrogens is 518 g/mol. The van der Waals surface area contributed by atoms with Crippen molar-refractivity contribution in [2.75, 3.05) is 24.2 Å². The molecule has 1 unspecified atom stereocenters. The summed E-state index contributed by atoms with van der Waals surface area (Å²) in [4.78, 5) is 35.7. The Morgan fingerprint density at radius 3 is 2.61 bits per heavy atom. The monoisotopic (exact) mass is 559 g/mol. The van der Waals surface area contributed by atoms with Crippen LogP contribution in [0.1, 0.15) is 77.8 Å². The van der Waals surface area contributed by atoms with Gasteiger partial charge < -0.3 is 20.7 Å². The number of nitrogens with zero attached hydrogens (tertiary/aromatic N) is 4. The number of amides is 2. The number of carbonyl (C=O) groups is 2. The van der Waals surface area contributed by atoms with Crippen LogP contribution in [0.25, 0.3) is 0 Å². The fraction of sp³-hybridized carbons (Fsp3) is 0.516. The summed E-state index contributed by atoms with van der Waals surface area (Å²) < 4.78 is 5.39. The molecule has 218 valence electrons. The predicted octanol–water partition coefficient (Wildman–Crippen LogP) is 5.20. The van der Waals surface area contributed by atoms with E-state index >= 15 is 0 Å². The highest BCUT2D eigenvalue weighted by molar-refractivity contribution is 5.85. The number of rotatable bonds is 8. The van der Waals surface area contributed by atoms with Crippen LogP contribution in [-0.2, 0) is 9.53 Å². The number of ether oxygens (including phenoxy) is 1. The number of anilines is 3. The number of benzene rings is 1. The third kappa shape index (κ3) is 9.68. The van der Waals surface area contributed by atoms with Crippen LogP contribution in [0.4, 0.5) is 22.2 Å². The summed E-state index contributed by atoms with van der Waals surface area (Å²) in [5.41, 5.74) is 1.45. The van der Waals surface area contributed by atoms with Crippen LogP contribution >= 0.6 is 0 Å². The molecule has 0 aliphatic heterocycles. The minimum atomic E-state index is -0.655. The molecule has 1 fully saturated rings. The molecule has 0 radical (unpaired) electrons. The van der Waals surface area contributed by atoms with Crippen LogP contribution in [0.3, 0.4) is 0 Å². The van der Waals surface area contributed by atoms with Gasteiger partial charge in [0.1, 0.15) is 17.5 Å². The molecule has 1 aliphatic rings. The molecule has 41 heavy (non-hydrogen) atoms. The molecule has 3 N–H and O–H groups in total. The fourth-order valence-electron chi connectivity index (χ4n) is 4.29. The van der Waals surface area contributed by atoms with Gasteiger partial charge in [-0.2, -0.15) is 10.2 Å². The van der Waals surface area contributed by atoms with Crippen LogP contribution in [0.2, 0.25) is 0 Å². The van der Waals surface area contributed by atoms with E-state index in [4.69, 9.17) is 10.00 Å². The topological polar surface area (TPSA) is 132 Å². The van der Waals surface area contributed by atoms with Gasteiger partial charge in [0, 0.05) is 31.2 Å². The number of aromatic nitrogens is 2. The maximum absolute atomic E-state index is 12.9. The first kappa shape index (κ1) is 31.2. The molecule has 0 spiro atoms. The molecule has 0 saturated heterocycles. The highest BCUT2D eigenvalue weighted by Gasteiger charge is 2.29. The van der Waals surface area contributed by atoms with Crippen LogP contribution < -0.4 is 16.0 Å². The molecule has 1 aliphatic carbocycles. The number of hydrogen-bond acceptors (Lipinski definition) is 8. The maximum atomic E-state index is 12.9. The lowest BCUT2D eigenvalue weighted by Crippen LogP contribution is -2.50. The van der Waals surface area contributed by atoms with Crippen molar-refractivity contribution in [2.24, 2.45) is 5.92 Å². The molecular formula is C31H41N7O3. The number of nitrogens with one attached hydrogen (secondary N) is 3. The van der Waals surface area contributed by atoms with E-state index in [1.54, 1.807) is 53.1 Å². The molecule has 3 rings (SSSR count). The quantitative estimate of drug-likeness (QED) is 0.376. The number of nitriles is 1. The normalized spacial score (nSPS) is 17.2. The molecule has 1 saturated carbocycles. The summed E-state index contributed by atoms with van der Waals surface area (Å²) in [7, 11) is 1.57. The van der Waals surface area contributed by atoms with E-state index in [2.05, 4.69) is 50.8 Å². The molecule has 10 nitrogen and oxygen atoms in total. The van der Waals surface area contributed by atoms with E-state index < -0.39 is 17.7 Å². The molecule has 1 aromatic carbocycles. The highest BCUT2D eigenvalue weighted by atomic mass is 16.6. The Labute approximate surface area is 243 Å². The third-order valence-corrected chi connectivity index (χ3v) is 6.67. The summed E-state index contributed by atoms with van der Waals surface area (Å²) >= 11 is 0. The fourth-order valence-corrected chi connectivity index (χ4v) is 4.29. The molecule has 3 atom stereocenters. The van der Waals surface area contributed by atoms with E-state index in [9.17, 15) is 9.59 Å². The van der Waals surface area contributed by atoms with Crippen molar-refractivity contribution < 1.29 is 14.3 Å². The van der Waals surface area contributed by atoms with E-state index in [-0.39, 0.29) is 17.9 Å². The molecule has 1 heterocycles. The zero-order valence-corrected chi connectivity index (χ0v) is 24.9. The SMILES string of the molecule is CCCNc1nc(Nc2ccc(C#N)cc2)ncc1C#CC1CCC[C@H](NC(=O)[C@H](C)N(C)C(=O)OC(C)(C)C)C1. The first-order valence-corrected chi connectivity index (χ1v) is 14.1. The molecule has 1 aromatic heterocycles. The number of likely N-dealkylation sites (N-methyl/N-ethyl adjacent to an activating group) is 1. The van der Waals surface area contributed by atoms with Gasteiger partial charge in [-0.05, 0) is 77.6 Å². The minimum Gasteiger partial charge on any atom is -0.444 e. The van der Waals surface area contributed by atoms with E-state index in [1.807, 2.05) is 12.1 Å². The second kappa shape index (κ2) is 14.4. The second-order valence-electron chi connectivity index (χ2n) is 11.3. The lowest BCUT2D eigenvalue weighted by Gasteiger charge is -2.31. The van der Waals surface area contributed by atoms with Gasteiger partial charge in [0.2, 0.25) is 11.9 Å². The summed E-state index contributed by atoms with van der Waals surface area (Å²) in [5.74, 6) is 7.65. The highest BCUT2D eigenvalue weighted by Crippen LogP contribution is 2.25. The first-order chi connectivity index (χ1) is 19.5. The lowest BCUT2D eigenvalue weighted by molar-refractivity contribution is -0.126. The van der Waals surface area contributed by atoms with Crippen LogP contribution in [0, 0.1) is 29.1 Å². The van der Waals surface area contributed by atoms with Gasteiger partial charge >= 0.3 is 6.09 Å². The van der Waals surface area contributed by atoms with Gasteiger partial charge in [0.15, 0.2) is 0 Å². The van der Waals surface area contributed by atoms with Crippen molar-refractivity contribution >= 4 is 29.5 Å². The second-order valence-corrected chi connectivity index (χ2v) is 11.3. The Balaban J connectivity index is 1.64. The van der Waals surface area contributed by atoms with Crippen molar-refractivity contribution in [3.05, 3.63) is 41.6 Å². The summed E-state index contributed by atoms with van der Waals surface area (Å²) in [6.45, 7) is 9.91. The lowest BCUT2D eigenvalue weighted by atomic mass is 9.86. The Kier molecular flexibility index (Phi) is 10.9. The van der Waals surface area contributed by atoms with Gasteiger partial charge in [-0.25, -0.2) is 9.78 Å². The number of carbonyl (C=O) groups excluding carboxylic acids is 2. The van der Waals surface area contributed by atoms with Crippen molar-refractivity contribution in [1.82, 2.24) is 20.2 Å². The van der Waals surface area contributed by atoms with E-state index in [1.165, 1.54) is 4.90 Å². The largest absolute Gasteiger partial charge is 0.444 e. The molecule has 10 heteroatoms. The van der Waals surface area contributed by atoms with Gasteiger partial charge in [-0.3, -0.25) is 9.69 Å². The standard InChI is InChI=1S/C31H41N7O3/c1-7-17-33-27-24(20-34-29(37-27)36-25-15-12-23(19-32)13-16-25)14-11-22-9-8-10-26(18-22)35-28(39)21(2)38(6)30(40)41-31(3,4)5/h12-13,15-16,20-22,26H,7-10,17-18H2,1-6H3,(H,35,39)(H2,33,34,36,37)/t21-,22?,26-/m0/s1. The molecule has 0 bridgehead atoms. The summed E-state index contributed by atoms with van der Waals surface area (Å²) in [6, 6.07) is 8.52. The Morgan fingerprint density at radius 1 is 1.22 bits per heavy atom. The minimum absolute atomic E-state index is 0.0158. The average Bonchev–Trinajstić information content (AvgIpc) is 2.94. The van der Waals surface area contributed by atoms with Gasteiger partial charge in [0.25, 0.3) is 0 Å². The van der Waals surface area contributed by atoms with Crippen LogP contribution in [-0.4, -0.2) is 58.1 Å². The van der Waals surface area contributed by atoms with Crippen molar-refractivity contribution in [3.8, 4) is 17.9 Å². The third-order valence-electron chi connectivity index (χ3n) is 6.67. The molecule has 2 amide bonds. The van der Waals surface area contributed by atoms with Gasteiger partial charge in [-0.15, -0.1) is 0 Å². The number of hydrogen-bond donors (Lipinski definition) is 3. The van der Waals surface area contributed by atoms with E-state index in [0.29, 0.717) is 22.9 Å². The smallest absolute Gasteiger partial charge is 0.410 e. The first-order valence-electron chi connectivity index (χ1n) is 14.1. The predicted molar refractivity (Wildman–Crippen MR) is 159 cm³/mol. The van der Waals surface area contributed by atoms with Crippen LogP contribution in [0.15, 0.2) is 30.5 Å². The zero-order chi connectivity index (χ0) is 30.0. The zero-order valence-electron chi connectivity index (χ0n) is 24.9. The Hall–Kier alpha value is -4.31. The Bertz CT molecular complexity index is 1300. The molecule has 2 aromatic rings.